The Morgan fingerprint density at radius 2 is 1.71 bits per heavy atom. The summed E-state index contributed by atoms with van der Waals surface area (Å²) >= 11 is 0. The quantitative estimate of drug-likeness (QED) is 0.203. The molecule has 0 aliphatic carbocycles. The number of nitrogens with one attached hydrogen (secondary N) is 1. The Balaban J connectivity index is 1.21. The van der Waals surface area contributed by atoms with Crippen molar-refractivity contribution in [3.8, 4) is 17.5 Å². The Morgan fingerprint density at radius 3 is 2.33 bits per heavy atom. The van der Waals surface area contributed by atoms with Crippen molar-refractivity contribution in [1.82, 2.24) is 25.0 Å². The molecule has 48 heavy (non-hydrogen) atoms. The number of piperidine rings is 1. The predicted molar refractivity (Wildman–Crippen MR) is 172 cm³/mol. The van der Waals surface area contributed by atoms with Gasteiger partial charge >= 0.3 is 6.18 Å². The fourth-order valence-corrected chi connectivity index (χ4v) is 6.32. The number of rotatable bonds is 12. The van der Waals surface area contributed by atoms with E-state index >= 15 is 0 Å². The van der Waals surface area contributed by atoms with Gasteiger partial charge in [-0.25, -0.2) is 13.4 Å². The number of halogens is 3. The Labute approximate surface area is 276 Å². The zero-order valence-corrected chi connectivity index (χ0v) is 27.2. The molecule has 0 bridgehead atoms. The van der Waals surface area contributed by atoms with Crippen molar-refractivity contribution < 1.29 is 35.9 Å². The first-order valence-corrected chi connectivity index (χ1v) is 16.8. The number of carbonyl (C=O) groups excluding carboxylic acids is 1. The highest BCUT2D eigenvalue weighted by Gasteiger charge is 2.33. The normalized spacial score (nSPS) is 14.2. The first-order chi connectivity index (χ1) is 22.9. The average molecular weight is 685 g/mol. The molecule has 1 N–H and O–H groups in total. The maximum absolute atomic E-state index is 13.5. The van der Waals surface area contributed by atoms with Crippen molar-refractivity contribution in [2.24, 2.45) is 0 Å². The smallest absolute Gasteiger partial charge is 0.435 e. The summed E-state index contributed by atoms with van der Waals surface area (Å²) < 4.78 is 78.2. The van der Waals surface area contributed by atoms with Crippen LogP contribution in [0.25, 0.3) is 0 Å². The number of hydrogen-bond acceptors (Lipinski definition) is 9. The molecule has 2 aromatic heterocycles. The van der Waals surface area contributed by atoms with Crippen LogP contribution in [0, 0.1) is 0 Å². The number of likely N-dealkylation sites (tertiary alicyclic amines) is 1. The average Bonchev–Trinajstić information content (AvgIpc) is 3.05. The first-order valence-electron chi connectivity index (χ1n) is 15.2. The van der Waals surface area contributed by atoms with Crippen molar-refractivity contribution >= 4 is 21.6 Å². The minimum Gasteiger partial charge on any atom is -0.475 e. The number of nitrogens with zero attached hydrogens (tertiary/aromatic N) is 5. The summed E-state index contributed by atoms with van der Waals surface area (Å²) in [7, 11) is -0.0744. The van der Waals surface area contributed by atoms with Gasteiger partial charge in [0, 0.05) is 31.9 Å². The van der Waals surface area contributed by atoms with Gasteiger partial charge in [-0.1, -0.05) is 42.5 Å². The fraction of sp³-hybridized carbons (Fsp3) is 0.333. The van der Waals surface area contributed by atoms with Crippen LogP contribution in [-0.2, 0) is 22.0 Å². The van der Waals surface area contributed by atoms with Gasteiger partial charge in [-0.2, -0.15) is 13.2 Å². The van der Waals surface area contributed by atoms with Crippen molar-refractivity contribution in [2.75, 3.05) is 45.1 Å². The van der Waals surface area contributed by atoms with E-state index in [2.05, 4.69) is 19.9 Å². The summed E-state index contributed by atoms with van der Waals surface area (Å²) in [6.45, 7) is 1.79. The van der Waals surface area contributed by atoms with E-state index in [1.807, 2.05) is 31.1 Å². The van der Waals surface area contributed by atoms with Crippen molar-refractivity contribution in [1.29, 1.82) is 0 Å². The third-order valence-electron chi connectivity index (χ3n) is 7.63. The van der Waals surface area contributed by atoms with Crippen LogP contribution in [0.5, 0.6) is 17.5 Å². The van der Waals surface area contributed by atoms with Gasteiger partial charge in [0.05, 0.1) is 11.3 Å². The lowest BCUT2D eigenvalue weighted by Crippen LogP contribution is -2.38. The number of likely N-dealkylation sites (N-methyl/N-ethyl adjacent to an activating group) is 1. The van der Waals surface area contributed by atoms with Gasteiger partial charge in [0.1, 0.15) is 18.0 Å². The summed E-state index contributed by atoms with van der Waals surface area (Å²) in [6, 6.07) is 19.3. The molecule has 11 nitrogen and oxygen atoms in total. The van der Waals surface area contributed by atoms with E-state index in [4.69, 9.17) is 9.47 Å². The highest BCUT2D eigenvalue weighted by Crippen LogP contribution is 2.32. The van der Waals surface area contributed by atoms with E-state index in [1.165, 1.54) is 12.3 Å². The van der Waals surface area contributed by atoms with Crippen LogP contribution in [-0.4, -0.2) is 79.6 Å². The second-order valence-corrected chi connectivity index (χ2v) is 13.3. The van der Waals surface area contributed by atoms with E-state index in [9.17, 15) is 26.4 Å². The van der Waals surface area contributed by atoms with Gasteiger partial charge in [0.2, 0.25) is 21.8 Å². The van der Waals surface area contributed by atoms with Crippen molar-refractivity contribution in [3.05, 3.63) is 101 Å². The van der Waals surface area contributed by atoms with Crippen LogP contribution < -0.4 is 14.2 Å². The SMILES string of the molecule is CN(C)CCOc1ncc(C(=O)N2CCC(c3ccc(Oc4ccc(C(F)(F)F)nn4)cc3)CC2)cc1NS(=O)(=O)Cc1ccccc1. The van der Waals surface area contributed by atoms with Gasteiger partial charge in [0.25, 0.3) is 5.91 Å². The number of anilines is 1. The van der Waals surface area contributed by atoms with Gasteiger partial charge < -0.3 is 19.3 Å². The van der Waals surface area contributed by atoms with Crippen LogP contribution in [0.15, 0.2) is 79.0 Å². The Morgan fingerprint density at radius 1 is 1.00 bits per heavy atom. The third-order valence-corrected chi connectivity index (χ3v) is 8.87. The van der Waals surface area contributed by atoms with E-state index < -0.39 is 21.9 Å². The molecule has 1 fully saturated rings. The van der Waals surface area contributed by atoms with Crippen LogP contribution in [0.3, 0.4) is 0 Å². The lowest BCUT2D eigenvalue weighted by Gasteiger charge is -2.32. The molecular weight excluding hydrogens is 649 g/mol. The van der Waals surface area contributed by atoms with E-state index in [1.54, 1.807) is 47.4 Å². The van der Waals surface area contributed by atoms with Crippen LogP contribution in [0.4, 0.5) is 18.9 Å². The lowest BCUT2D eigenvalue weighted by molar-refractivity contribution is -0.141. The predicted octanol–water partition coefficient (Wildman–Crippen LogP) is 5.58. The van der Waals surface area contributed by atoms with Crippen molar-refractivity contribution in [3.63, 3.8) is 0 Å². The largest absolute Gasteiger partial charge is 0.475 e. The monoisotopic (exact) mass is 684 g/mol. The molecule has 0 spiro atoms. The molecule has 4 aromatic rings. The number of benzene rings is 2. The molecule has 15 heteroatoms. The number of alkyl halides is 3. The topological polar surface area (TPSA) is 127 Å². The van der Waals surface area contributed by atoms with Gasteiger partial charge in [0.15, 0.2) is 5.69 Å². The molecule has 1 amide bonds. The summed E-state index contributed by atoms with van der Waals surface area (Å²) in [5.74, 6) is 0.0641. The molecule has 3 heterocycles. The van der Waals surface area contributed by atoms with Crippen LogP contribution >= 0.6 is 0 Å². The summed E-state index contributed by atoms with van der Waals surface area (Å²) in [5.41, 5.74) is 0.869. The van der Waals surface area contributed by atoms with E-state index in [0.717, 1.165) is 17.7 Å². The third kappa shape index (κ3) is 9.41. The number of pyridine rings is 1. The number of aromatic nitrogens is 3. The molecule has 254 valence electrons. The standard InChI is InChI=1S/C33H35F3N6O5S/c1-41(2)18-19-46-31-28(40-48(44,45)22-23-6-4-3-5-7-23)20-26(21-37-31)32(43)42-16-14-25(15-17-42)24-8-10-27(11-9-24)47-30-13-12-29(38-39-30)33(34,35)36/h3-13,20-21,25,40H,14-19,22H2,1-2H3. The highest BCUT2D eigenvalue weighted by molar-refractivity contribution is 7.91. The molecule has 0 atom stereocenters. The van der Waals surface area contributed by atoms with Crippen LogP contribution in [0.1, 0.15) is 45.9 Å². The second kappa shape index (κ2) is 15.0. The summed E-state index contributed by atoms with van der Waals surface area (Å²) in [4.78, 5) is 21.5. The molecule has 1 aliphatic heterocycles. The van der Waals surface area contributed by atoms with Gasteiger partial charge in [-0.15, -0.1) is 10.2 Å². The van der Waals surface area contributed by atoms with Crippen LogP contribution in [0.2, 0.25) is 0 Å². The van der Waals surface area contributed by atoms with Crippen molar-refractivity contribution in [2.45, 2.75) is 30.7 Å². The summed E-state index contributed by atoms with van der Waals surface area (Å²) in [6.07, 6.45) is -1.81. The highest BCUT2D eigenvalue weighted by atomic mass is 32.2. The molecule has 0 radical (unpaired) electrons. The molecule has 0 saturated carbocycles. The Hall–Kier alpha value is -4.76. The Kier molecular flexibility index (Phi) is 10.8. The molecule has 5 rings (SSSR count). The maximum Gasteiger partial charge on any atom is 0.435 e. The number of hydrogen-bond donors (Lipinski definition) is 1. The first kappa shape index (κ1) is 34.6. The fourth-order valence-electron chi connectivity index (χ4n) is 5.13. The lowest BCUT2D eigenvalue weighted by atomic mass is 9.89. The van der Waals surface area contributed by atoms with Gasteiger partial charge in [-0.05, 0) is 68.2 Å². The molecule has 2 aromatic carbocycles. The number of carbonyl (C=O) groups is 1. The molecular formula is C33H35F3N6O5S. The summed E-state index contributed by atoms with van der Waals surface area (Å²) in [5, 5.41) is 6.65. The zero-order chi connectivity index (χ0) is 34.3. The molecule has 0 unspecified atom stereocenters. The molecule has 1 saturated heterocycles. The maximum atomic E-state index is 13.5. The zero-order valence-electron chi connectivity index (χ0n) is 26.4. The minimum absolute atomic E-state index is 0.0580. The number of sulfonamides is 1. The second-order valence-electron chi connectivity index (χ2n) is 11.6. The Bertz CT molecular complexity index is 1780. The van der Waals surface area contributed by atoms with Gasteiger partial charge in [-0.3, -0.25) is 9.52 Å². The van der Waals surface area contributed by atoms with E-state index in [-0.39, 0.29) is 47.2 Å². The minimum atomic E-state index is -4.58. The number of amides is 1. The molecule has 1 aliphatic rings. The number of ether oxygens (including phenoxy) is 2. The van der Waals surface area contributed by atoms with E-state index in [0.29, 0.717) is 43.8 Å².